The number of carbonyl (C=O) groups is 4. The van der Waals surface area contributed by atoms with E-state index in [9.17, 15) is 19.2 Å². The highest BCUT2D eigenvalue weighted by molar-refractivity contribution is 9.10. The summed E-state index contributed by atoms with van der Waals surface area (Å²) in [6.07, 6.45) is 1.29. The number of amides is 5. The van der Waals surface area contributed by atoms with Gasteiger partial charge in [-0.2, -0.15) is 0 Å². The number of hydrogen-bond acceptors (Lipinski definition) is 6. The van der Waals surface area contributed by atoms with Crippen LogP contribution in [-0.4, -0.2) is 37.0 Å². The van der Waals surface area contributed by atoms with E-state index in [1.54, 1.807) is 42.5 Å². The van der Waals surface area contributed by atoms with Crippen LogP contribution in [0.15, 0.2) is 70.7 Å². The molecule has 3 aromatic carbocycles. The summed E-state index contributed by atoms with van der Waals surface area (Å²) in [5, 5.41) is 5.46. The molecule has 1 saturated heterocycles. The zero-order valence-electron chi connectivity index (χ0n) is 20.3. The average Bonchev–Trinajstić information content (AvgIpc) is 2.89. The molecule has 0 saturated carbocycles. The molecule has 0 atom stereocenters. The number of nitrogens with one attached hydrogen (secondary N) is 2. The number of anilines is 2. The second kappa shape index (κ2) is 12.3. The van der Waals surface area contributed by atoms with Crippen LogP contribution >= 0.6 is 39.1 Å². The van der Waals surface area contributed by atoms with Gasteiger partial charge in [0.2, 0.25) is 0 Å². The third kappa shape index (κ3) is 6.78. The van der Waals surface area contributed by atoms with E-state index in [0.29, 0.717) is 33.1 Å². The van der Waals surface area contributed by atoms with Gasteiger partial charge in [-0.3, -0.25) is 19.7 Å². The van der Waals surface area contributed by atoms with E-state index in [-0.39, 0.29) is 28.6 Å². The SMILES string of the molecule is CCOc1ccc(N2C(=O)NC(=O)/C(=C\c3cc(Br)ccc3OCC(=O)Nc3ccc(Cl)c(Cl)c3)C2=O)cc1. The molecule has 4 rings (SSSR count). The first-order valence-corrected chi connectivity index (χ1v) is 13.0. The molecular weight excluding hydrogens is 613 g/mol. The Morgan fingerprint density at radius 3 is 2.44 bits per heavy atom. The smallest absolute Gasteiger partial charge is 0.335 e. The molecule has 12 heteroatoms. The monoisotopic (exact) mass is 631 g/mol. The zero-order chi connectivity index (χ0) is 28.1. The Labute approximate surface area is 241 Å². The van der Waals surface area contributed by atoms with Gasteiger partial charge < -0.3 is 14.8 Å². The largest absolute Gasteiger partial charge is 0.494 e. The van der Waals surface area contributed by atoms with E-state index >= 15 is 0 Å². The second-order valence-electron chi connectivity index (χ2n) is 8.03. The van der Waals surface area contributed by atoms with E-state index in [1.165, 1.54) is 24.3 Å². The molecule has 0 bridgehead atoms. The molecule has 1 fully saturated rings. The molecule has 0 spiro atoms. The van der Waals surface area contributed by atoms with Crippen LogP contribution in [0.4, 0.5) is 16.2 Å². The minimum absolute atomic E-state index is 0.222. The molecular formula is C27H20BrCl2N3O6. The Balaban J connectivity index is 1.56. The lowest BCUT2D eigenvalue weighted by atomic mass is 10.1. The van der Waals surface area contributed by atoms with E-state index in [0.717, 1.165) is 4.90 Å². The van der Waals surface area contributed by atoms with E-state index in [4.69, 9.17) is 32.7 Å². The van der Waals surface area contributed by atoms with Crippen LogP contribution in [-0.2, 0) is 14.4 Å². The lowest BCUT2D eigenvalue weighted by Gasteiger charge is -2.26. The van der Waals surface area contributed by atoms with Gasteiger partial charge in [-0.15, -0.1) is 0 Å². The van der Waals surface area contributed by atoms with Gasteiger partial charge in [0.05, 0.1) is 22.3 Å². The first-order valence-electron chi connectivity index (χ1n) is 11.5. The number of rotatable bonds is 8. The van der Waals surface area contributed by atoms with Gasteiger partial charge in [0.15, 0.2) is 6.61 Å². The van der Waals surface area contributed by atoms with Gasteiger partial charge in [0.25, 0.3) is 17.7 Å². The van der Waals surface area contributed by atoms with Crippen LogP contribution in [0.3, 0.4) is 0 Å². The van der Waals surface area contributed by atoms with Crippen molar-refractivity contribution in [2.45, 2.75) is 6.92 Å². The van der Waals surface area contributed by atoms with Crippen molar-refractivity contribution in [3.63, 3.8) is 0 Å². The number of halogens is 3. The molecule has 0 unspecified atom stereocenters. The molecule has 200 valence electrons. The summed E-state index contributed by atoms with van der Waals surface area (Å²) in [7, 11) is 0. The molecule has 3 aromatic rings. The van der Waals surface area contributed by atoms with E-state index in [1.807, 2.05) is 6.92 Å². The first-order chi connectivity index (χ1) is 18.7. The van der Waals surface area contributed by atoms with Crippen molar-refractivity contribution < 1.29 is 28.7 Å². The average molecular weight is 633 g/mol. The summed E-state index contributed by atoms with van der Waals surface area (Å²) < 4.78 is 11.7. The Kier molecular flexibility index (Phi) is 8.90. The van der Waals surface area contributed by atoms with E-state index < -0.39 is 23.8 Å². The van der Waals surface area contributed by atoms with Gasteiger partial charge in [-0.05, 0) is 73.7 Å². The van der Waals surface area contributed by atoms with Gasteiger partial charge in [-0.1, -0.05) is 39.1 Å². The van der Waals surface area contributed by atoms with Crippen molar-refractivity contribution in [2.75, 3.05) is 23.4 Å². The van der Waals surface area contributed by atoms with Crippen molar-refractivity contribution in [3.05, 3.63) is 86.3 Å². The number of urea groups is 1. The van der Waals surface area contributed by atoms with Crippen molar-refractivity contribution >= 4 is 80.3 Å². The lowest BCUT2D eigenvalue weighted by Crippen LogP contribution is -2.54. The molecule has 1 heterocycles. The van der Waals surface area contributed by atoms with Crippen molar-refractivity contribution in [1.29, 1.82) is 0 Å². The van der Waals surface area contributed by atoms with Gasteiger partial charge in [-0.25, -0.2) is 9.69 Å². The number of barbiturate groups is 1. The maximum atomic E-state index is 13.3. The number of ether oxygens (including phenoxy) is 2. The quantitative estimate of drug-likeness (QED) is 0.238. The molecule has 5 amide bonds. The standard InChI is InChI=1S/C27H20BrCl2N3O6/c1-2-38-19-7-5-18(6-8-19)33-26(36)20(25(35)32-27(33)37)12-15-11-16(28)3-10-23(15)39-14-24(34)31-17-4-9-21(29)22(30)13-17/h3-13H,2,14H2,1H3,(H,31,34)(H,32,35,37)/b20-12+. The van der Waals surface area contributed by atoms with Crippen LogP contribution in [0.2, 0.25) is 10.0 Å². The maximum absolute atomic E-state index is 13.3. The number of carbonyl (C=O) groups excluding carboxylic acids is 4. The van der Waals surface area contributed by atoms with Crippen molar-refractivity contribution in [2.24, 2.45) is 0 Å². The Morgan fingerprint density at radius 1 is 1.00 bits per heavy atom. The Hall–Kier alpha value is -3.86. The summed E-state index contributed by atoms with van der Waals surface area (Å²) in [5.41, 5.74) is 0.710. The van der Waals surface area contributed by atoms with Crippen molar-refractivity contribution in [3.8, 4) is 11.5 Å². The predicted octanol–water partition coefficient (Wildman–Crippen LogP) is 5.84. The topological polar surface area (TPSA) is 114 Å². The summed E-state index contributed by atoms with van der Waals surface area (Å²) in [4.78, 5) is 51.8. The summed E-state index contributed by atoms with van der Waals surface area (Å²) >= 11 is 15.2. The minimum Gasteiger partial charge on any atom is -0.494 e. The van der Waals surface area contributed by atoms with Gasteiger partial charge >= 0.3 is 6.03 Å². The van der Waals surface area contributed by atoms with Crippen LogP contribution < -0.4 is 25.0 Å². The van der Waals surface area contributed by atoms with Crippen molar-refractivity contribution in [1.82, 2.24) is 5.32 Å². The minimum atomic E-state index is -0.879. The normalized spacial score (nSPS) is 14.3. The third-order valence-electron chi connectivity index (χ3n) is 5.34. The van der Waals surface area contributed by atoms with Crippen LogP contribution in [0.25, 0.3) is 6.08 Å². The number of nitrogens with zero attached hydrogens (tertiary/aromatic N) is 1. The van der Waals surface area contributed by atoms with Crippen LogP contribution in [0.5, 0.6) is 11.5 Å². The molecule has 39 heavy (non-hydrogen) atoms. The fraction of sp³-hybridized carbons (Fsp3) is 0.111. The van der Waals surface area contributed by atoms with Gasteiger partial charge in [0.1, 0.15) is 17.1 Å². The third-order valence-corrected chi connectivity index (χ3v) is 6.57. The fourth-order valence-corrected chi connectivity index (χ4v) is 4.26. The highest BCUT2D eigenvalue weighted by atomic mass is 79.9. The first kappa shape index (κ1) is 28.2. The number of benzene rings is 3. The Bertz CT molecular complexity index is 1490. The van der Waals surface area contributed by atoms with E-state index in [2.05, 4.69) is 26.6 Å². The fourth-order valence-electron chi connectivity index (χ4n) is 3.58. The zero-order valence-corrected chi connectivity index (χ0v) is 23.4. The lowest BCUT2D eigenvalue weighted by molar-refractivity contribution is -0.122. The summed E-state index contributed by atoms with van der Waals surface area (Å²) in [6, 6.07) is 14.9. The molecule has 1 aliphatic rings. The Morgan fingerprint density at radius 2 is 1.74 bits per heavy atom. The molecule has 9 nitrogen and oxygen atoms in total. The maximum Gasteiger partial charge on any atom is 0.335 e. The molecule has 2 N–H and O–H groups in total. The molecule has 0 radical (unpaired) electrons. The molecule has 1 aliphatic heterocycles. The predicted molar refractivity (Wildman–Crippen MR) is 151 cm³/mol. The number of hydrogen-bond donors (Lipinski definition) is 2. The molecule has 0 aliphatic carbocycles. The summed E-state index contributed by atoms with van der Waals surface area (Å²) in [6.45, 7) is 1.91. The van der Waals surface area contributed by atoms with Gasteiger partial charge in [0, 0.05) is 15.7 Å². The molecule has 0 aromatic heterocycles. The number of imide groups is 2. The van der Waals surface area contributed by atoms with Crippen LogP contribution in [0.1, 0.15) is 12.5 Å². The van der Waals surface area contributed by atoms with Crippen LogP contribution in [0, 0.1) is 0 Å². The highest BCUT2D eigenvalue weighted by Gasteiger charge is 2.37. The second-order valence-corrected chi connectivity index (χ2v) is 9.76. The summed E-state index contributed by atoms with van der Waals surface area (Å²) in [5.74, 6) is -1.38. The highest BCUT2D eigenvalue weighted by Crippen LogP contribution is 2.29.